The summed E-state index contributed by atoms with van der Waals surface area (Å²) in [6.45, 7) is 9.60. The number of hydrogen-bond acceptors (Lipinski definition) is 4. The Morgan fingerprint density at radius 3 is 2.53 bits per heavy atom. The molecule has 0 bridgehead atoms. The average Bonchev–Trinajstić information content (AvgIpc) is 3.21. The summed E-state index contributed by atoms with van der Waals surface area (Å²) in [7, 11) is 0. The number of rotatable bonds is 8. The molecule has 0 spiro atoms. The van der Waals surface area contributed by atoms with Gasteiger partial charge in [0.15, 0.2) is 0 Å². The molecule has 106 valence electrons. The van der Waals surface area contributed by atoms with Gasteiger partial charge in [0.1, 0.15) is 0 Å². The molecule has 1 saturated carbocycles. The zero-order chi connectivity index (χ0) is 13.7. The quantitative estimate of drug-likeness (QED) is 0.731. The standard InChI is InChI=1S/C15H26N4/c1-4-7-16-8-14-9-17-15(18-10-14)19(12(2)3)11-13-5-6-13/h9-10,12-13,16H,4-8,11H2,1-3H3. The van der Waals surface area contributed by atoms with Crippen LogP contribution in [0.4, 0.5) is 5.95 Å². The number of aromatic nitrogens is 2. The first-order chi connectivity index (χ1) is 9.20. The lowest BCUT2D eigenvalue weighted by atomic mass is 10.3. The van der Waals surface area contributed by atoms with Crippen LogP contribution in [-0.4, -0.2) is 29.1 Å². The Labute approximate surface area is 116 Å². The fourth-order valence-corrected chi connectivity index (χ4v) is 2.10. The van der Waals surface area contributed by atoms with Crippen LogP contribution in [-0.2, 0) is 6.54 Å². The van der Waals surface area contributed by atoms with Crippen molar-refractivity contribution in [3.8, 4) is 0 Å². The number of anilines is 1. The molecule has 0 radical (unpaired) electrons. The number of hydrogen-bond donors (Lipinski definition) is 1. The van der Waals surface area contributed by atoms with Crippen molar-refractivity contribution in [1.29, 1.82) is 0 Å². The molecule has 0 aromatic carbocycles. The molecule has 1 heterocycles. The summed E-state index contributed by atoms with van der Waals surface area (Å²) in [6, 6.07) is 0.463. The van der Waals surface area contributed by atoms with Crippen molar-refractivity contribution in [3.63, 3.8) is 0 Å². The summed E-state index contributed by atoms with van der Waals surface area (Å²) in [6.07, 6.45) is 7.78. The van der Waals surface area contributed by atoms with Crippen LogP contribution >= 0.6 is 0 Å². The van der Waals surface area contributed by atoms with Gasteiger partial charge in [-0.05, 0) is 45.6 Å². The van der Waals surface area contributed by atoms with E-state index in [4.69, 9.17) is 0 Å². The fourth-order valence-electron chi connectivity index (χ4n) is 2.10. The molecule has 1 fully saturated rings. The van der Waals surface area contributed by atoms with Gasteiger partial charge >= 0.3 is 0 Å². The second-order valence-electron chi connectivity index (χ2n) is 5.76. The lowest BCUT2D eigenvalue weighted by Crippen LogP contribution is -2.34. The minimum atomic E-state index is 0.463. The predicted molar refractivity (Wildman–Crippen MR) is 79.2 cm³/mol. The molecule has 4 nitrogen and oxygen atoms in total. The van der Waals surface area contributed by atoms with E-state index in [2.05, 4.69) is 41.0 Å². The molecule has 1 aliphatic carbocycles. The topological polar surface area (TPSA) is 41.1 Å². The maximum atomic E-state index is 4.53. The molecular weight excluding hydrogens is 236 g/mol. The van der Waals surface area contributed by atoms with Gasteiger partial charge in [0.25, 0.3) is 0 Å². The zero-order valence-corrected chi connectivity index (χ0v) is 12.4. The van der Waals surface area contributed by atoms with Crippen LogP contribution in [0.2, 0.25) is 0 Å². The molecule has 1 N–H and O–H groups in total. The lowest BCUT2D eigenvalue weighted by molar-refractivity contribution is 0.624. The van der Waals surface area contributed by atoms with Gasteiger partial charge in [-0.25, -0.2) is 9.97 Å². The molecule has 19 heavy (non-hydrogen) atoms. The normalized spacial score (nSPS) is 14.9. The Balaban J connectivity index is 1.94. The zero-order valence-electron chi connectivity index (χ0n) is 12.4. The van der Waals surface area contributed by atoms with E-state index in [1.165, 1.54) is 12.8 Å². The first kappa shape index (κ1) is 14.3. The fraction of sp³-hybridized carbons (Fsp3) is 0.733. The van der Waals surface area contributed by atoms with E-state index in [-0.39, 0.29) is 0 Å². The minimum absolute atomic E-state index is 0.463. The van der Waals surface area contributed by atoms with Gasteiger partial charge in [0, 0.05) is 37.1 Å². The van der Waals surface area contributed by atoms with Gasteiger partial charge in [0.05, 0.1) is 0 Å². The van der Waals surface area contributed by atoms with Crippen LogP contribution in [0.1, 0.15) is 45.6 Å². The van der Waals surface area contributed by atoms with Gasteiger partial charge in [-0.2, -0.15) is 0 Å². The van der Waals surface area contributed by atoms with Gasteiger partial charge in [-0.1, -0.05) is 6.92 Å². The van der Waals surface area contributed by atoms with E-state index >= 15 is 0 Å². The third-order valence-corrected chi connectivity index (χ3v) is 3.48. The summed E-state index contributed by atoms with van der Waals surface area (Å²) in [5.41, 5.74) is 1.16. The molecule has 4 heteroatoms. The van der Waals surface area contributed by atoms with Crippen molar-refractivity contribution in [2.75, 3.05) is 18.0 Å². The second-order valence-corrected chi connectivity index (χ2v) is 5.76. The Morgan fingerprint density at radius 2 is 2.00 bits per heavy atom. The average molecular weight is 262 g/mol. The van der Waals surface area contributed by atoms with E-state index in [0.29, 0.717) is 6.04 Å². The summed E-state index contributed by atoms with van der Waals surface area (Å²) in [5.74, 6) is 1.73. The van der Waals surface area contributed by atoms with E-state index in [9.17, 15) is 0 Å². The van der Waals surface area contributed by atoms with Crippen molar-refractivity contribution in [2.45, 2.75) is 52.6 Å². The Morgan fingerprint density at radius 1 is 1.32 bits per heavy atom. The highest BCUT2D eigenvalue weighted by molar-refractivity contribution is 5.31. The number of nitrogens with one attached hydrogen (secondary N) is 1. The number of nitrogens with zero attached hydrogens (tertiary/aromatic N) is 3. The van der Waals surface area contributed by atoms with E-state index in [1.54, 1.807) is 0 Å². The molecule has 2 rings (SSSR count). The summed E-state index contributed by atoms with van der Waals surface area (Å²) in [5, 5.41) is 3.37. The first-order valence-corrected chi connectivity index (χ1v) is 7.49. The van der Waals surface area contributed by atoms with E-state index in [0.717, 1.165) is 43.5 Å². The summed E-state index contributed by atoms with van der Waals surface area (Å²) in [4.78, 5) is 11.4. The van der Waals surface area contributed by atoms with Crippen LogP contribution in [0.5, 0.6) is 0 Å². The van der Waals surface area contributed by atoms with Gasteiger partial charge < -0.3 is 10.2 Å². The first-order valence-electron chi connectivity index (χ1n) is 7.49. The van der Waals surface area contributed by atoms with Crippen molar-refractivity contribution in [1.82, 2.24) is 15.3 Å². The maximum absolute atomic E-state index is 4.53. The van der Waals surface area contributed by atoms with E-state index < -0.39 is 0 Å². The highest BCUT2D eigenvalue weighted by Crippen LogP contribution is 2.31. The van der Waals surface area contributed by atoms with Crippen LogP contribution in [0.3, 0.4) is 0 Å². The van der Waals surface area contributed by atoms with Gasteiger partial charge in [-0.15, -0.1) is 0 Å². The van der Waals surface area contributed by atoms with Crippen LogP contribution < -0.4 is 10.2 Å². The molecule has 0 aliphatic heterocycles. The highest BCUT2D eigenvalue weighted by Gasteiger charge is 2.26. The summed E-state index contributed by atoms with van der Waals surface area (Å²) >= 11 is 0. The third-order valence-electron chi connectivity index (χ3n) is 3.48. The molecule has 0 unspecified atom stereocenters. The Bertz CT molecular complexity index is 370. The monoisotopic (exact) mass is 262 g/mol. The van der Waals surface area contributed by atoms with Crippen LogP contribution in [0.25, 0.3) is 0 Å². The van der Waals surface area contributed by atoms with Crippen LogP contribution in [0.15, 0.2) is 12.4 Å². The Hall–Kier alpha value is -1.16. The van der Waals surface area contributed by atoms with Crippen LogP contribution in [0, 0.1) is 5.92 Å². The molecule has 0 amide bonds. The minimum Gasteiger partial charge on any atom is -0.338 e. The highest BCUT2D eigenvalue weighted by atomic mass is 15.3. The Kier molecular flexibility index (Phi) is 5.14. The molecular formula is C15H26N4. The smallest absolute Gasteiger partial charge is 0.225 e. The molecule has 1 aromatic rings. The van der Waals surface area contributed by atoms with Gasteiger partial charge in [-0.3, -0.25) is 0 Å². The maximum Gasteiger partial charge on any atom is 0.225 e. The SMILES string of the molecule is CCCNCc1cnc(N(CC2CC2)C(C)C)nc1. The summed E-state index contributed by atoms with van der Waals surface area (Å²) < 4.78 is 0. The predicted octanol–water partition coefficient (Wildman–Crippen LogP) is 2.60. The van der Waals surface area contributed by atoms with Crippen molar-refractivity contribution >= 4 is 5.95 Å². The van der Waals surface area contributed by atoms with Crippen molar-refractivity contribution < 1.29 is 0 Å². The molecule has 0 atom stereocenters. The lowest BCUT2D eigenvalue weighted by Gasteiger charge is -2.26. The largest absolute Gasteiger partial charge is 0.338 e. The molecule has 0 saturated heterocycles. The van der Waals surface area contributed by atoms with Crippen molar-refractivity contribution in [3.05, 3.63) is 18.0 Å². The van der Waals surface area contributed by atoms with E-state index in [1.807, 2.05) is 12.4 Å². The molecule has 1 aromatic heterocycles. The van der Waals surface area contributed by atoms with Gasteiger partial charge in [0.2, 0.25) is 5.95 Å². The second kappa shape index (κ2) is 6.85. The third kappa shape index (κ3) is 4.46. The molecule has 1 aliphatic rings. The van der Waals surface area contributed by atoms with Crippen molar-refractivity contribution in [2.24, 2.45) is 5.92 Å².